The zero-order chi connectivity index (χ0) is 8.55. The first-order valence-electron chi connectivity index (χ1n) is 5.21. The maximum Gasteiger partial charge on any atom is 0.0570 e. The standard InChI is InChI=1S/C10H19NO/c1-2-11(7-8-3-4-8)9-5-10(12)6-9/h8-10,12H,2-7H2,1H3. The molecule has 0 aromatic heterocycles. The van der Waals surface area contributed by atoms with Crippen LogP contribution in [0.1, 0.15) is 32.6 Å². The normalized spacial score (nSPS) is 35.2. The summed E-state index contributed by atoms with van der Waals surface area (Å²) in [5, 5.41) is 9.19. The van der Waals surface area contributed by atoms with E-state index in [1.165, 1.54) is 19.4 Å². The molecule has 0 unspecified atom stereocenters. The Morgan fingerprint density at radius 2 is 2.00 bits per heavy atom. The lowest BCUT2D eigenvalue weighted by Crippen LogP contribution is -2.47. The van der Waals surface area contributed by atoms with E-state index in [1.807, 2.05) is 0 Å². The van der Waals surface area contributed by atoms with Crippen molar-refractivity contribution in [3.05, 3.63) is 0 Å². The molecule has 0 atom stereocenters. The van der Waals surface area contributed by atoms with Gasteiger partial charge in [0.15, 0.2) is 0 Å². The molecule has 0 aromatic rings. The highest BCUT2D eigenvalue weighted by Crippen LogP contribution is 2.33. The van der Waals surface area contributed by atoms with Crippen LogP contribution < -0.4 is 0 Å². The summed E-state index contributed by atoms with van der Waals surface area (Å²) in [6.07, 6.45) is 4.90. The second-order valence-corrected chi connectivity index (χ2v) is 4.31. The second-order valence-electron chi connectivity index (χ2n) is 4.31. The molecule has 2 rings (SSSR count). The van der Waals surface area contributed by atoms with E-state index >= 15 is 0 Å². The maximum absolute atomic E-state index is 9.19. The van der Waals surface area contributed by atoms with Crippen LogP contribution in [0.2, 0.25) is 0 Å². The maximum atomic E-state index is 9.19. The third-order valence-electron chi connectivity index (χ3n) is 3.20. The Hall–Kier alpha value is -0.0800. The van der Waals surface area contributed by atoms with Crippen molar-refractivity contribution in [3.8, 4) is 0 Å². The lowest BCUT2D eigenvalue weighted by Gasteiger charge is -2.40. The molecule has 2 saturated carbocycles. The lowest BCUT2D eigenvalue weighted by molar-refractivity contribution is 0.00190. The van der Waals surface area contributed by atoms with Crippen molar-refractivity contribution in [1.29, 1.82) is 0 Å². The minimum absolute atomic E-state index is 0.00301. The molecule has 0 radical (unpaired) electrons. The van der Waals surface area contributed by atoms with Crippen molar-refractivity contribution in [2.24, 2.45) is 5.92 Å². The Kier molecular flexibility index (Phi) is 2.37. The summed E-state index contributed by atoms with van der Waals surface area (Å²) in [7, 11) is 0. The Morgan fingerprint density at radius 3 is 2.42 bits per heavy atom. The number of hydrogen-bond acceptors (Lipinski definition) is 2. The SMILES string of the molecule is CCN(CC1CC1)C1CC(O)C1. The topological polar surface area (TPSA) is 23.5 Å². The smallest absolute Gasteiger partial charge is 0.0570 e. The van der Waals surface area contributed by atoms with E-state index in [4.69, 9.17) is 0 Å². The third-order valence-corrected chi connectivity index (χ3v) is 3.20. The van der Waals surface area contributed by atoms with Crippen molar-refractivity contribution in [2.75, 3.05) is 13.1 Å². The number of nitrogens with zero attached hydrogens (tertiary/aromatic N) is 1. The van der Waals surface area contributed by atoms with Crippen LogP contribution in [0.5, 0.6) is 0 Å². The van der Waals surface area contributed by atoms with Gasteiger partial charge in [0.2, 0.25) is 0 Å². The van der Waals surface area contributed by atoms with Crippen LogP contribution in [0.15, 0.2) is 0 Å². The van der Waals surface area contributed by atoms with Crippen LogP contribution in [0.25, 0.3) is 0 Å². The average Bonchev–Trinajstić information content (AvgIpc) is 2.78. The van der Waals surface area contributed by atoms with Gasteiger partial charge in [-0.2, -0.15) is 0 Å². The number of aliphatic hydroxyl groups is 1. The molecule has 0 saturated heterocycles. The molecule has 1 N–H and O–H groups in total. The van der Waals surface area contributed by atoms with Gasteiger partial charge in [-0.05, 0) is 38.1 Å². The van der Waals surface area contributed by atoms with Crippen molar-refractivity contribution in [2.45, 2.75) is 44.8 Å². The molecule has 2 nitrogen and oxygen atoms in total. The minimum atomic E-state index is 0.00301. The predicted molar refractivity (Wildman–Crippen MR) is 49.0 cm³/mol. The van der Waals surface area contributed by atoms with Gasteiger partial charge in [0, 0.05) is 12.6 Å². The Labute approximate surface area is 74.6 Å². The first-order chi connectivity index (χ1) is 5.79. The fraction of sp³-hybridized carbons (Fsp3) is 1.00. The number of hydrogen-bond donors (Lipinski definition) is 1. The van der Waals surface area contributed by atoms with Gasteiger partial charge in [0.25, 0.3) is 0 Å². The molecule has 12 heavy (non-hydrogen) atoms. The Balaban J connectivity index is 1.73. The van der Waals surface area contributed by atoms with E-state index in [0.29, 0.717) is 6.04 Å². The van der Waals surface area contributed by atoms with Gasteiger partial charge in [-0.3, -0.25) is 0 Å². The molecule has 70 valence electrons. The molecule has 0 aromatic carbocycles. The molecule has 2 aliphatic carbocycles. The van der Waals surface area contributed by atoms with E-state index in [2.05, 4.69) is 11.8 Å². The van der Waals surface area contributed by atoms with E-state index < -0.39 is 0 Å². The highest BCUT2D eigenvalue weighted by molar-refractivity contribution is 4.89. The summed E-state index contributed by atoms with van der Waals surface area (Å²) < 4.78 is 0. The Bertz CT molecular complexity index is 150. The van der Waals surface area contributed by atoms with Crippen LogP contribution in [0, 0.1) is 5.92 Å². The van der Waals surface area contributed by atoms with E-state index in [1.54, 1.807) is 0 Å². The minimum Gasteiger partial charge on any atom is -0.393 e. The lowest BCUT2D eigenvalue weighted by atomic mass is 9.88. The zero-order valence-corrected chi connectivity index (χ0v) is 7.87. The van der Waals surface area contributed by atoms with Gasteiger partial charge in [-0.1, -0.05) is 6.92 Å². The first-order valence-corrected chi connectivity index (χ1v) is 5.21. The summed E-state index contributed by atoms with van der Waals surface area (Å²) in [6.45, 7) is 4.68. The van der Waals surface area contributed by atoms with Crippen LogP contribution in [-0.4, -0.2) is 35.2 Å². The zero-order valence-electron chi connectivity index (χ0n) is 7.87. The van der Waals surface area contributed by atoms with Gasteiger partial charge in [-0.15, -0.1) is 0 Å². The van der Waals surface area contributed by atoms with Crippen molar-refractivity contribution in [1.82, 2.24) is 4.90 Å². The molecule has 0 aliphatic heterocycles. The molecular weight excluding hydrogens is 150 g/mol. The van der Waals surface area contributed by atoms with Crippen LogP contribution in [0.3, 0.4) is 0 Å². The van der Waals surface area contributed by atoms with Crippen molar-refractivity contribution in [3.63, 3.8) is 0 Å². The highest BCUT2D eigenvalue weighted by atomic mass is 16.3. The van der Waals surface area contributed by atoms with Gasteiger partial charge in [0.1, 0.15) is 0 Å². The highest BCUT2D eigenvalue weighted by Gasteiger charge is 2.34. The summed E-state index contributed by atoms with van der Waals surface area (Å²) in [6, 6.07) is 0.700. The summed E-state index contributed by atoms with van der Waals surface area (Å²) in [4.78, 5) is 2.55. The molecule has 0 amide bonds. The Morgan fingerprint density at radius 1 is 1.33 bits per heavy atom. The predicted octanol–water partition coefficient (Wildman–Crippen LogP) is 1.24. The summed E-state index contributed by atoms with van der Waals surface area (Å²) in [5.41, 5.74) is 0. The number of aliphatic hydroxyl groups excluding tert-OH is 1. The van der Waals surface area contributed by atoms with Crippen LogP contribution in [-0.2, 0) is 0 Å². The average molecular weight is 169 g/mol. The third kappa shape index (κ3) is 1.80. The van der Waals surface area contributed by atoms with Gasteiger partial charge < -0.3 is 10.0 Å². The van der Waals surface area contributed by atoms with E-state index in [0.717, 1.165) is 25.3 Å². The molecule has 0 bridgehead atoms. The second kappa shape index (κ2) is 3.35. The van der Waals surface area contributed by atoms with Crippen LogP contribution in [0.4, 0.5) is 0 Å². The van der Waals surface area contributed by atoms with Gasteiger partial charge in [0.05, 0.1) is 6.10 Å². The largest absolute Gasteiger partial charge is 0.393 e. The summed E-state index contributed by atoms with van der Waals surface area (Å²) in [5.74, 6) is 0.989. The molecule has 0 heterocycles. The molecular formula is C10H19NO. The molecule has 2 aliphatic rings. The fourth-order valence-electron chi connectivity index (χ4n) is 2.03. The van der Waals surface area contributed by atoms with Crippen molar-refractivity contribution < 1.29 is 5.11 Å². The van der Waals surface area contributed by atoms with E-state index in [9.17, 15) is 5.11 Å². The van der Waals surface area contributed by atoms with Crippen LogP contribution >= 0.6 is 0 Å². The molecule has 0 spiro atoms. The summed E-state index contributed by atoms with van der Waals surface area (Å²) >= 11 is 0. The van der Waals surface area contributed by atoms with Gasteiger partial charge >= 0.3 is 0 Å². The van der Waals surface area contributed by atoms with E-state index in [-0.39, 0.29) is 6.10 Å². The monoisotopic (exact) mass is 169 g/mol. The fourth-order valence-corrected chi connectivity index (χ4v) is 2.03. The number of rotatable bonds is 4. The molecule has 2 heteroatoms. The molecule has 2 fully saturated rings. The van der Waals surface area contributed by atoms with Gasteiger partial charge in [-0.25, -0.2) is 0 Å². The quantitative estimate of drug-likeness (QED) is 0.684. The first kappa shape index (κ1) is 8.52. The van der Waals surface area contributed by atoms with Crippen molar-refractivity contribution >= 4 is 0 Å².